The monoisotopic (exact) mass is 369 g/mol. The van der Waals surface area contributed by atoms with Gasteiger partial charge in [0.2, 0.25) is 0 Å². The van der Waals surface area contributed by atoms with Crippen LogP contribution >= 0.6 is 11.6 Å². The number of aromatic nitrogens is 1. The summed E-state index contributed by atoms with van der Waals surface area (Å²) in [4.78, 5) is 15.1. The van der Waals surface area contributed by atoms with Crippen LogP contribution < -0.4 is 10.5 Å². The minimum Gasteiger partial charge on any atom is -0.453 e. The Balaban J connectivity index is 1.79. The molecule has 0 saturated heterocycles. The number of nitrogens with two attached hydrogens (primary N) is 1. The maximum absolute atomic E-state index is 14.8. The van der Waals surface area contributed by atoms with E-state index in [1.165, 1.54) is 6.20 Å². The highest BCUT2D eigenvalue weighted by Gasteiger charge is 2.15. The van der Waals surface area contributed by atoms with Gasteiger partial charge in [-0.2, -0.15) is 0 Å². The first-order chi connectivity index (χ1) is 12.5. The number of amides is 1. The Morgan fingerprint density at radius 3 is 2.69 bits per heavy atom. The van der Waals surface area contributed by atoms with Crippen molar-refractivity contribution in [3.05, 3.63) is 94.9 Å². The van der Waals surface area contributed by atoms with Crippen molar-refractivity contribution < 1.29 is 13.9 Å². The molecule has 0 aliphatic heterocycles. The van der Waals surface area contributed by atoms with Crippen LogP contribution in [0.1, 0.15) is 21.6 Å². The summed E-state index contributed by atoms with van der Waals surface area (Å²) < 4.78 is 20.4. The Bertz CT molecular complexity index is 932. The van der Waals surface area contributed by atoms with Crippen LogP contribution in [0.3, 0.4) is 0 Å². The SMILES string of the molecule is NC(=O)c1cc(C[CH]c2ccc(Cl)c(Oc3ccccc3)c2F)ccn1. The summed E-state index contributed by atoms with van der Waals surface area (Å²) in [5.41, 5.74) is 6.52. The molecular formula is C20H15ClFN2O2. The van der Waals surface area contributed by atoms with E-state index in [1.807, 2.05) is 6.07 Å². The second kappa shape index (κ2) is 7.97. The first kappa shape index (κ1) is 17.9. The molecule has 2 N–H and O–H groups in total. The van der Waals surface area contributed by atoms with Crippen molar-refractivity contribution in [3.8, 4) is 11.5 Å². The molecule has 2 aromatic carbocycles. The predicted octanol–water partition coefficient (Wildman–Crippen LogP) is 4.56. The highest BCUT2D eigenvalue weighted by molar-refractivity contribution is 6.32. The van der Waals surface area contributed by atoms with Gasteiger partial charge in [-0.15, -0.1) is 0 Å². The molecule has 131 valence electrons. The molecule has 3 aromatic rings. The lowest BCUT2D eigenvalue weighted by Crippen LogP contribution is -2.13. The van der Waals surface area contributed by atoms with Gasteiger partial charge in [0, 0.05) is 6.20 Å². The summed E-state index contributed by atoms with van der Waals surface area (Å²) >= 11 is 6.09. The number of pyridine rings is 1. The number of nitrogens with zero attached hydrogens (tertiary/aromatic N) is 1. The quantitative estimate of drug-likeness (QED) is 0.692. The topological polar surface area (TPSA) is 65.2 Å². The predicted molar refractivity (Wildman–Crippen MR) is 97.8 cm³/mol. The Morgan fingerprint density at radius 1 is 1.19 bits per heavy atom. The number of carbonyl (C=O) groups is 1. The summed E-state index contributed by atoms with van der Waals surface area (Å²) in [7, 11) is 0. The molecule has 0 unspecified atom stereocenters. The second-order valence-corrected chi connectivity index (χ2v) is 5.92. The van der Waals surface area contributed by atoms with Crippen LogP contribution in [0.4, 0.5) is 4.39 Å². The minimum absolute atomic E-state index is 0.0285. The normalized spacial score (nSPS) is 10.5. The largest absolute Gasteiger partial charge is 0.453 e. The average molecular weight is 370 g/mol. The highest BCUT2D eigenvalue weighted by atomic mass is 35.5. The summed E-state index contributed by atoms with van der Waals surface area (Å²) in [5, 5.41) is 0.184. The lowest BCUT2D eigenvalue weighted by atomic mass is 10.0. The van der Waals surface area contributed by atoms with Gasteiger partial charge in [-0.25, -0.2) is 4.39 Å². The van der Waals surface area contributed by atoms with Crippen LogP contribution in [0.25, 0.3) is 0 Å². The van der Waals surface area contributed by atoms with Crippen molar-refractivity contribution in [1.82, 2.24) is 4.98 Å². The summed E-state index contributed by atoms with van der Waals surface area (Å²) in [6.45, 7) is 0. The zero-order valence-corrected chi connectivity index (χ0v) is 14.4. The average Bonchev–Trinajstić information content (AvgIpc) is 2.65. The number of primary amides is 1. The fourth-order valence-corrected chi connectivity index (χ4v) is 2.55. The van der Waals surface area contributed by atoms with Gasteiger partial charge in [-0.3, -0.25) is 9.78 Å². The molecule has 0 bridgehead atoms. The van der Waals surface area contributed by atoms with Crippen molar-refractivity contribution in [2.75, 3.05) is 0 Å². The molecule has 6 heteroatoms. The van der Waals surface area contributed by atoms with E-state index in [4.69, 9.17) is 22.1 Å². The van der Waals surface area contributed by atoms with E-state index in [0.717, 1.165) is 5.56 Å². The van der Waals surface area contributed by atoms with Gasteiger partial charge in [0.25, 0.3) is 5.91 Å². The van der Waals surface area contributed by atoms with Crippen molar-refractivity contribution >= 4 is 17.5 Å². The van der Waals surface area contributed by atoms with Crippen molar-refractivity contribution in [3.63, 3.8) is 0 Å². The lowest BCUT2D eigenvalue weighted by molar-refractivity contribution is 0.0995. The maximum Gasteiger partial charge on any atom is 0.267 e. The molecule has 0 saturated carbocycles. The minimum atomic E-state index is -0.608. The van der Waals surface area contributed by atoms with E-state index in [0.29, 0.717) is 17.7 Å². The van der Waals surface area contributed by atoms with Crippen molar-refractivity contribution in [2.24, 2.45) is 5.73 Å². The highest BCUT2D eigenvalue weighted by Crippen LogP contribution is 2.34. The van der Waals surface area contributed by atoms with E-state index in [2.05, 4.69) is 4.98 Å². The number of benzene rings is 2. The molecule has 0 aliphatic carbocycles. The number of hydrogen-bond donors (Lipinski definition) is 1. The molecule has 1 radical (unpaired) electrons. The van der Waals surface area contributed by atoms with Gasteiger partial charge < -0.3 is 10.5 Å². The molecule has 0 spiro atoms. The molecule has 26 heavy (non-hydrogen) atoms. The zero-order valence-electron chi connectivity index (χ0n) is 13.7. The summed E-state index contributed by atoms with van der Waals surface area (Å²) in [5.74, 6) is -0.696. The number of hydrogen-bond acceptors (Lipinski definition) is 3. The van der Waals surface area contributed by atoms with Crippen LogP contribution in [-0.4, -0.2) is 10.9 Å². The number of halogens is 2. The van der Waals surface area contributed by atoms with Gasteiger partial charge in [0.05, 0.1) is 5.02 Å². The molecule has 1 aromatic heterocycles. The van der Waals surface area contributed by atoms with Crippen LogP contribution in [0.5, 0.6) is 11.5 Å². The first-order valence-electron chi connectivity index (χ1n) is 7.83. The third-order valence-corrected chi connectivity index (χ3v) is 3.97. The fraction of sp³-hybridized carbons (Fsp3) is 0.0500. The van der Waals surface area contributed by atoms with E-state index in [-0.39, 0.29) is 16.5 Å². The van der Waals surface area contributed by atoms with Crippen LogP contribution in [0, 0.1) is 12.2 Å². The molecule has 0 aliphatic rings. The Kier molecular flexibility index (Phi) is 5.49. The summed E-state index contributed by atoms with van der Waals surface area (Å²) in [6.07, 6.45) is 3.57. The lowest BCUT2D eigenvalue weighted by Gasteiger charge is -2.12. The van der Waals surface area contributed by atoms with Gasteiger partial charge in [0.15, 0.2) is 11.6 Å². The summed E-state index contributed by atoms with van der Waals surface area (Å²) in [6, 6.07) is 15.3. The van der Waals surface area contributed by atoms with Crippen LogP contribution in [0.2, 0.25) is 5.02 Å². The number of ether oxygens (including phenoxy) is 1. The van der Waals surface area contributed by atoms with Crippen LogP contribution in [0.15, 0.2) is 60.8 Å². The van der Waals surface area contributed by atoms with E-state index in [1.54, 1.807) is 55.0 Å². The smallest absolute Gasteiger partial charge is 0.267 e. The Labute approximate surface area is 155 Å². The number of rotatable bonds is 6. The molecule has 0 atom stereocenters. The van der Waals surface area contributed by atoms with E-state index >= 15 is 0 Å². The molecule has 0 fully saturated rings. The number of carbonyl (C=O) groups excluding carboxylic acids is 1. The first-order valence-corrected chi connectivity index (χ1v) is 8.21. The standard InChI is InChI=1S/C20H15ClFN2O2/c21-16-9-8-14(7-6-13-10-11-24-17(12-13)20(23)25)18(22)19(16)26-15-4-2-1-3-5-15/h1-5,7-12H,6H2,(H2,23,25). The maximum atomic E-state index is 14.8. The van der Waals surface area contributed by atoms with E-state index in [9.17, 15) is 9.18 Å². The van der Waals surface area contributed by atoms with Crippen molar-refractivity contribution in [2.45, 2.75) is 6.42 Å². The zero-order chi connectivity index (χ0) is 18.5. The van der Waals surface area contributed by atoms with Crippen molar-refractivity contribution in [1.29, 1.82) is 0 Å². The molecule has 1 amide bonds. The Hall–Kier alpha value is -2.92. The Morgan fingerprint density at radius 2 is 1.96 bits per heavy atom. The molecule has 1 heterocycles. The van der Waals surface area contributed by atoms with Gasteiger partial charge >= 0.3 is 0 Å². The molecule has 3 rings (SSSR count). The van der Waals surface area contributed by atoms with Gasteiger partial charge in [-0.05, 0) is 54.3 Å². The second-order valence-electron chi connectivity index (χ2n) is 5.52. The van der Waals surface area contributed by atoms with E-state index < -0.39 is 11.7 Å². The molecule has 4 nitrogen and oxygen atoms in total. The van der Waals surface area contributed by atoms with Gasteiger partial charge in [-0.1, -0.05) is 35.9 Å². The number of para-hydroxylation sites is 1. The fourth-order valence-electron chi connectivity index (χ4n) is 2.37. The third kappa shape index (κ3) is 4.18. The molecular weight excluding hydrogens is 355 g/mol. The van der Waals surface area contributed by atoms with Gasteiger partial charge in [0.1, 0.15) is 11.4 Å². The third-order valence-electron chi connectivity index (χ3n) is 3.68. The van der Waals surface area contributed by atoms with Crippen LogP contribution in [-0.2, 0) is 6.42 Å².